The van der Waals surface area contributed by atoms with Crippen molar-refractivity contribution in [2.24, 2.45) is 0 Å². The van der Waals surface area contributed by atoms with Crippen LogP contribution in [0.2, 0.25) is 0 Å². The van der Waals surface area contributed by atoms with Gasteiger partial charge in [0.25, 0.3) is 10.0 Å². The van der Waals surface area contributed by atoms with E-state index in [9.17, 15) is 13.2 Å². The number of amides is 1. The quantitative estimate of drug-likeness (QED) is 0.844. The Morgan fingerprint density at radius 2 is 2.29 bits per heavy atom. The normalized spacial score (nSPS) is 19.3. The highest BCUT2D eigenvalue weighted by atomic mass is 32.2. The first kappa shape index (κ1) is 17.1. The molecule has 0 unspecified atom stereocenters. The number of aromatic amines is 1. The Bertz CT molecular complexity index is 799. The average molecular weight is 368 g/mol. The molecule has 1 fully saturated rings. The minimum atomic E-state index is -3.56. The first-order valence-electron chi connectivity index (χ1n) is 7.82. The molecule has 9 heteroatoms. The second-order valence-corrected chi connectivity index (χ2v) is 9.08. The Morgan fingerprint density at radius 1 is 1.46 bits per heavy atom. The third-order valence-electron chi connectivity index (χ3n) is 4.07. The highest BCUT2D eigenvalue weighted by Gasteiger charge is 2.35. The van der Waals surface area contributed by atoms with E-state index in [0.29, 0.717) is 17.3 Å². The number of nitrogens with one attached hydrogen (secondary N) is 2. The van der Waals surface area contributed by atoms with Gasteiger partial charge in [-0.3, -0.25) is 9.89 Å². The van der Waals surface area contributed by atoms with Gasteiger partial charge in [-0.05, 0) is 25.0 Å². The van der Waals surface area contributed by atoms with Crippen molar-refractivity contribution < 1.29 is 13.2 Å². The van der Waals surface area contributed by atoms with Crippen LogP contribution < -0.4 is 5.32 Å². The molecule has 3 heterocycles. The fourth-order valence-electron chi connectivity index (χ4n) is 2.89. The summed E-state index contributed by atoms with van der Waals surface area (Å²) in [5.41, 5.74) is 0.897. The van der Waals surface area contributed by atoms with Crippen molar-refractivity contribution in [3.8, 4) is 0 Å². The summed E-state index contributed by atoms with van der Waals surface area (Å²) < 4.78 is 28.0. The standard InChI is InChI=1S/C15H20N4O3S2/c1-11(20)16-10-13-5-6-15(23-13)24(21,22)19-7-3-2-4-14(19)12-8-17-18-9-12/h5-6,8-9,14H,2-4,7,10H2,1H3,(H,16,20)(H,17,18)/t14-/m0/s1. The smallest absolute Gasteiger partial charge is 0.253 e. The van der Waals surface area contributed by atoms with Crippen molar-refractivity contribution in [3.63, 3.8) is 0 Å². The van der Waals surface area contributed by atoms with Crippen LogP contribution in [0.3, 0.4) is 0 Å². The second-order valence-electron chi connectivity index (χ2n) is 5.79. The number of carbonyl (C=O) groups excluding carboxylic acids is 1. The van der Waals surface area contributed by atoms with E-state index < -0.39 is 10.0 Å². The molecule has 1 atom stereocenters. The van der Waals surface area contributed by atoms with Gasteiger partial charge in [-0.2, -0.15) is 9.40 Å². The summed E-state index contributed by atoms with van der Waals surface area (Å²) in [5.74, 6) is -0.135. The lowest BCUT2D eigenvalue weighted by molar-refractivity contribution is -0.119. The fourth-order valence-corrected chi connectivity index (χ4v) is 6.00. The maximum atomic E-state index is 13.1. The second kappa shape index (κ2) is 7.04. The SMILES string of the molecule is CC(=O)NCc1ccc(S(=O)(=O)N2CCCC[C@H]2c2cn[nH]c2)s1. The van der Waals surface area contributed by atoms with E-state index >= 15 is 0 Å². The van der Waals surface area contributed by atoms with Crippen LogP contribution in [-0.4, -0.2) is 35.4 Å². The van der Waals surface area contributed by atoms with Gasteiger partial charge >= 0.3 is 0 Å². The Hall–Kier alpha value is -1.71. The Morgan fingerprint density at radius 3 is 3.00 bits per heavy atom. The Labute approximate surface area is 145 Å². The molecule has 0 radical (unpaired) electrons. The van der Waals surface area contributed by atoms with Gasteiger partial charge in [0, 0.05) is 30.1 Å². The molecule has 2 aromatic heterocycles. The highest BCUT2D eigenvalue weighted by Crippen LogP contribution is 2.36. The number of thiophene rings is 1. The predicted octanol–water partition coefficient (Wildman–Crippen LogP) is 2.02. The lowest BCUT2D eigenvalue weighted by Crippen LogP contribution is -2.38. The number of carbonyl (C=O) groups is 1. The maximum absolute atomic E-state index is 13.1. The molecule has 130 valence electrons. The van der Waals surface area contributed by atoms with E-state index in [-0.39, 0.29) is 11.9 Å². The molecular formula is C15H20N4O3S2. The number of rotatable bonds is 5. The first-order chi connectivity index (χ1) is 11.5. The third kappa shape index (κ3) is 3.52. The van der Waals surface area contributed by atoms with Gasteiger partial charge in [0.05, 0.1) is 18.8 Å². The van der Waals surface area contributed by atoms with Crippen molar-refractivity contribution >= 4 is 27.3 Å². The fraction of sp³-hybridized carbons (Fsp3) is 0.467. The van der Waals surface area contributed by atoms with Crippen molar-refractivity contribution in [2.75, 3.05) is 6.54 Å². The average Bonchev–Trinajstić information content (AvgIpc) is 3.25. The number of sulfonamides is 1. The zero-order valence-electron chi connectivity index (χ0n) is 13.4. The van der Waals surface area contributed by atoms with E-state index in [1.165, 1.54) is 18.3 Å². The van der Waals surface area contributed by atoms with Crippen LogP contribution >= 0.6 is 11.3 Å². The molecule has 0 aliphatic carbocycles. The van der Waals surface area contributed by atoms with Crippen LogP contribution in [-0.2, 0) is 21.4 Å². The van der Waals surface area contributed by atoms with E-state index in [4.69, 9.17) is 0 Å². The zero-order chi connectivity index (χ0) is 17.2. The van der Waals surface area contributed by atoms with Crippen LogP contribution in [0.5, 0.6) is 0 Å². The molecule has 0 saturated carbocycles. The van der Waals surface area contributed by atoms with Gasteiger partial charge in [0.15, 0.2) is 0 Å². The van der Waals surface area contributed by atoms with Gasteiger partial charge in [0.1, 0.15) is 4.21 Å². The van der Waals surface area contributed by atoms with Gasteiger partial charge in [-0.1, -0.05) is 6.42 Å². The molecule has 1 saturated heterocycles. The number of hydrogen-bond donors (Lipinski definition) is 2. The molecule has 0 bridgehead atoms. The van der Waals surface area contributed by atoms with E-state index in [1.54, 1.807) is 28.8 Å². The van der Waals surface area contributed by atoms with Crippen LogP contribution in [0.25, 0.3) is 0 Å². The molecule has 2 aromatic rings. The summed E-state index contributed by atoms with van der Waals surface area (Å²) in [6.07, 6.45) is 6.10. The van der Waals surface area contributed by atoms with Crippen LogP contribution in [0.15, 0.2) is 28.7 Å². The Balaban J connectivity index is 1.84. The molecule has 24 heavy (non-hydrogen) atoms. The first-order valence-corrected chi connectivity index (χ1v) is 10.1. The monoisotopic (exact) mass is 368 g/mol. The van der Waals surface area contributed by atoms with E-state index in [0.717, 1.165) is 29.7 Å². The van der Waals surface area contributed by atoms with Crippen LogP contribution in [0.1, 0.15) is 42.7 Å². The summed E-state index contributed by atoms with van der Waals surface area (Å²) in [6.45, 7) is 2.30. The summed E-state index contributed by atoms with van der Waals surface area (Å²) in [5, 5.41) is 9.40. The number of hydrogen-bond acceptors (Lipinski definition) is 5. The number of H-pyrrole nitrogens is 1. The molecular weight excluding hydrogens is 348 g/mol. The molecule has 7 nitrogen and oxygen atoms in total. The van der Waals surface area contributed by atoms with Gasteiger partial charge in [-0.15, -0.1) is 11.3 Å². The van der Waals surface area contributed by atoms with Crippen molar-refractivity contribution in [2.45, 2.75) is 43.0 Å². The molecule has 0 spiro atoms. The van der Waals surface area contributed by atoms with Crippen molar-refractivity contribution in [3.05, 3.63) is 35.0 Å². The van der Waals surface area contributed by atoms with Gasteiger partial charge in [-0.25, -0.2) is 8.42 Å². The molecule has 1 aliphatic rings. The molecule has 3 rings (SSSR count). The largest absolute Gasteiger partial charge is 0.351 e. The summed E-state index contributed by atoms with van der Waals surface area (Å²) in [6, 6.07) is 3.20. The third-order valence-corrected chi connectivity index (χ3v) is 7.53. The summed E-state index contributed by atoms with van der Waals surface area (Å²) in [7, 11) is -3.56. The highest BCUT2D eigenvalue weighted by molar-refractivity contribution is 7.91. The number of nitrogens with zero attached hydrogens (tertiary/aromatic N) is 2. The number of piperidine rings is 1. The zero-order valence-corrected chi connectivity index (χ0v) is 15.0. The minimum absolute atomic E-state index is 0.135. The van der Waals surface area contributed by atoms with Gasteiger partial charge < -0.3 is 5.32 Å². The molecule has 1 amide bonds. The minimum Gasteiger partial charge on any atom is -0.351 e. The van der Waals surface area contributed by atoms with E-state index in [1.807, 2.05) is 0 Å². The molecule has 1 aliphatic heterocycles. The molecule has 2 N–H and O–H groups in total. The maximum Gasteiger partial charge on any atom is 0.253 e. The van der Waals surface area contributed by atoms with Crippen molar-refractivity contribution in [1.82, 2.24) is 19.8 Å². The summed E-state index contributed by atoms with van der Waals surface area (Å²) >= 11 is 1.21. The Kier molecular flexibility index (Phi) is 5.02. The molecule has 0 aromatic carbocycles. The van der Waals surface area contributed by atoms with E-state index in [2.05, 4.69) is 15.5 Å². The lowest BCUT2D eigenvalue weighted by Gasteiger charge is -2.33. The van der Waals surface area contributed by atoms with Crippen LogP contribution in [0.4, 0.5) is 0 Å². The summed E-state index contributed by atoms with van der Waals surface area (Å²) in [4.78, 5) is 11.8. The number of aromatic nitrogens is 2. The van der Waals surface area contributed by atoms with Crippen LogP contribution in [0, 0.1) is 0 Å². The predicted molar refractivity (Wildman–Crippen MR) is 90.9 cm³/mol. The topological polar surface area (TPSA) is 95.2 Å². The van der Waals surface area contributed by atoms with Crippen molar-refractivity contribution in [1.29, 1.82) is 0 Å². The lowest BCUT2D eigenvalue weighted by atomic mass is 10.0. The van der Waals surface area contributed by atoms with Gasteiger partial charge in [0.2, 0.25) is 5.91 Å².